The fraction of sp³-hybridized carbons (Fsp3) is 0.562. The van der Waals surface area contributed by atoms with Gasteiger partial charge in [0, 0.05) is 19.2 Å². The number of benzene rings is 1. The number of nitrogens with one attached hydrogen (secondary N) is 2. The monoisotopic (exact) mass is 278 g/mol. The summed E-state index contributed by atoms with van der Waals surface area (Å²) in [6.45, 7) is 5.18. The molecule has 20 heavy (non-hydrogen) atoms. The topological polar surface area (TPSA) is 61.4 Å². The first-order valence-electron chi connectivity index (χ1n) is 7.39. The van der Waals surface area contributed by atoms with Crippen molar-refractivity contribution in [3.8, 4) is 0 Å². The lowest BCUT2D eigenvalue weighted by Gasteiger charge is -2.13. The molecule has 0 bridgehead atoms. The molecule has 1 aromatic rings. The molecule has 3 N–H and O–H groups in total. The van der Waals surface area contributed by atoms with Crippen LogP contribution in [0.5, 0.6) is 0 Å². The van der Waals surface area contributed by atoms with Gasteiger partial charge in [0.25, 0.3) is 0 Å². The Morgan fingerprint density at radius 3 is 2.50 bits per heavy atom. The minimum atomic E-state index is -0.507. The van der Waals surface area contributed by atoms with Crippen molar-refractivity contribution < 1.29 is 9.90 Å². The van der Waals surface area contributed by atoms with E-state index in [1.54, 1.807) is 12.1 Å². The summed E-state index contributed by atoms with van der Waals surface area (Å²) in [4.78, 5) is 10.9. The SMILES string of the molecule is CCCCCCNCC(O)c1ccc(NC(C)=O)cc1. The molecular weight excluding hydrogens is 252 g/mol. The van der Waals surface area contributed by atoms with Crippen LogP contribution in [0, 0.1) is 0 Å². The molecule has 1 rings (SSSR count). The van der Waals surface area contributed by atoms with Crippen molar-refractivity contribution in [2.75, 3.05) is 18.4 Å². The van der Waals surface area contributed by atoms with Crippen LogP contribution in [0.2, 0.25) is 0 Å². The molecule has 4 nitrogen and oxygen atoms in total. The maximum absolute atomic E-state index is 10.9. The van der Waals surface area contributed by atoms with E-state index in [0.29, 0.717) is 6.54 Å². The number of aliphatic hydroxyl groups is 1. The number of carbonyl (C=O) groups is 1. The highest BCUT2D eigenvalue weighted by Gasteiger charge is 2.06. The molecule has 0 radical (unpaired) electrons. The average Bonchev–Trinajstić information content (AvgIpc) is 2.42. The summed E-state index contributed by atoms with van der Waals surface area (Å²) < 4.78 is 0. The van der Waals surface area contributed by atoms with E-state index in [-0.39, 0.29) is 5.91 Å². The van der Waals surface area contributed by atoms with Crippen molar-refractivity contribution in [3.05, 3.63) is 29.8 Å². The van der Waals surface area contributed by atoms with E-state index >= 15 is 0 Å². The van der Waals surface area contributed by atoms with Crippen LogP contribution in [0.15, 0.2) is 24.3 Å². The van der Waals surface area contributed by atoms with Crippen molar-refractivity contribution in [2.24, 2.45) is 0 Å². The zero-order valence-electron chi connectivity index (χ0n) is 12.5. The molecule has 1 aromatic carbocycles. The van der Waals surface area contributed by atoms with E-state index in [0.717, 1.165) is 24.2 Å². The van der Waals surface area contributed by atoms with Crippen LogP contribution in [0.3, 0.4) is 0 Å². The predicted molar refractivity (Wildman–Crippen MR) is 82.7 cm³/mol. The van der Waals surface area contributed by atoms with Gasteiger partial charge in [-0.3, -0.25) is 4.79 Å². The van der Waals surface area contributed by atoms with Crippen molar-refractivity contribution in [2.45, 2.75) is 45.6 Å². The van der Waals surface area contributed by atoms with Gasteiger partial charge in [-0.05, 0) is 30.7 Å². The van der Waals surface area contributed by atoms with Crippen LogP contribution in [-0.4, -0.2) is 24.1 Å². The molecule has 1 atom stereocenters. The molecule has 1 amide bonds. The highest BCUT2D eigenvalue weighted by Crippen LogP contribution is 2.15. The van der Waals surface area contributed by atoms with Gasteiger partial charge in [0.05, 0.1) is 6.10 Å². The first kappa shape index (κ1) is 16.7. The number of carbonyl (C=O) groups excluding carboxylic acids is 1. The highest BCUT2D eigenvalue weighted by molar-refractivity contribution is 5.88. The minimum absolute atomic E-state index is 0.0907. The lowest BCUT2D eigenvalue weighted by molar-refractivity contribution is -0.114. The summed E-state index contributed by atoms with van der Waals surface area (Å²) in [5.41, 5.74) is 1.61. The van der Waals surface area contributed by atoms with Crippen LogP contribution in [0.4, 0.5) is 5.69 Å². The summed E-state index contributed by atoms with van der Waals surface area (Å²) in [6.07, 6.45) is 4.40. The average molecular weight is 278 g/mol. The number of unbranched alkanes of at least 4 members (excludes halogenated alkanes) is 3. The summed E-state index contributed by atoms with van der Waals surface area (Å²) in [6, 6.07) is 7.30. The number of amides is 1. The van der Waals surface area contributed by atoms with Gasteiger partial charge in [-0.25, -0.2) is 0 Å². The second kappa shape index (κ2) is 9.50. The lowest BCUT2D eigenvalue weighted by atomic mass is 10.1. The van der Waals surface area contributed by atoms with Crippen LogP contribution >= 0.6 is 0 Å². The van der Waals surface area contributed by atoms with Crippen molar-refractivity contribution >= 4 is 11.6 Å². The van der Waals surface area contributed by atoms with E-state index in [1.165, 1.54) is 26.2 Å². The molecular formula is C16H26N2O2. The number of anilines is 1. The van der Waals surface area contributed by atoms with E-state index in [9.17, 15) is 9.90 Å². The standard InChI is InChI=1S/C16H26N2O2/c1-3-4-5-6-11-17-12-16(20)14-7-9-15(10-8-14)18-13(2)19/h7-10,16-17,20H,3-6,11-12H2,1-2H3,(H,18,19). The Morgan fingerprint density at radius 1 is 1.20 bits per heavy atom. The normalized spacial score (nSPS) is 12.2. The number of aliphatic hydroxyl groups excluding tert-OH is 1. The van der Waals surface area contributed by atoms with Gasteiger partial charge in [0.1, 0.15) is 0 Å². The Balaban J connectivity index is 2.28. The molecule has 0 heterocycles. The second-order valence-corrected chi connectivity index (χ2v) is 5.08. The van der Waals surface area contributed by atoms with Crippen molar-refractivity contribution in [3.63, 3.8) is 0 Å². The zero-order valence-corrected chi connectivity index (χ0v) is 12.5. The van der Waals surface area contributed by atoms with Crippen LogP contribution in [0.1, 0.15) is 51.2 Å². The molecule has 112 valence electrons. The summed E-state index contributed by atoms with van der Waals surface area (Å²) >= 11 is 0. The lowest BCUT2D eigenvalue weighted by Crippen LogP contribution is -2.22. The Morgan fingerprint density at radius 2 is 1.90 bits per heavy atom. The third-order valence-electron chi connectivity index (χ3n) is 3.16. The molecule has 0 aliphatic rings. The molecule has 0 aromatic heterocycles. The number of rotatable bonds is 9. The van der Waals surface area contributed by atoms with Gasteiger partial charge in [0.2, 0.25) is 5.91 Å². The van der Waals surface area contributed by atoms with Gasteiger partial charge >= 0.3 is 0 Å². The third-order valence-corrected chi connectivity index (χ3v) is 3.16. The van der Waals surface area contributed by atoms with Crippen LogP contribution in [0.25, 0.3) is 0 Å². The Kier molecular flexibility index (Phi) is 7.92. The Hall–Kier alpha value is -1.39. The molecule has 0 saturated heterocycles. The summed E-state index contributed by atoms with van der Waals surface area (Å²) in [7, 11) is 0. The molecule has 4 heteroatoms. The molecule has 1 unspecified atom stereocenters. The van der Waals surface area contributed by atoms with Crippen molar-refractivity contribution in [1.82, 2.24) is 5.32 Å². The maximum atomic E-state index is 10.9. The molecule has 0 saturated carbocycles. The fourth-order valence-electron chi connectivity index (χ4n) is 2.03. The first-order valence-corrected chi connectivity index (χ1v) is 7.39. The van der Waals surface area contributed by atoms with E-state index < -0.39 is 6.10 Å². The van der Waals surface area contributed by atoms with Gasteiger partial charge in [0.15, 0.2) is 0 Å². The van der Waals surface area contributed by atoms with Gasteiger partial charge in [-0.2, -0.15) is 0 Å². The number of hydrogen-bond acceptors (Lipinski definition) is 3. The van der Waals surface area contributed by atoms with Crippen molar-refractivity contribution in [1.29, 1.82) is 0 Å². The molecule has 0 spiro atoms. The minimum Gasteiger partial charge on any atom is -0.387 e. The second-order valence-electron chi connectivity index (χ2n) is 5.08. The van der Waals surface area contributed by atoms with E-state index in [4.69, 9.17) is 0 Å². The molecule has 0 fully saturated rings. The van der Waals surface area contributed by atoms with Crippen LogP contribution < -0.4 is 10.6 Å². The van der Waals surface area contributed by atoms with Crippen LogP contribution in [-0.2, 0) is 4.79 Å². The molecule has 0 aliphatic heterocycles. The van der Waals surface area contributed by atoms with Gasteiger partial charge in [-0.15, -0.1) is 0 Å². The quantitative estimate of drug-likeness (QED) is 0.609. The fourth-order valence-corrected chi connectivity index (χ4v) is 2.03. The molecule has 0 aliphatic carbocycles. The first-order chi connectivity index (χ1) is 9.63. The summed E-state index contributed by atoms with van der Waals surface area (Å²) in [5.74, 6) is -0.0907. The Labute approximate surface area is 121 Å². The maximum Gasteiger partial charge on any atom is 0.221 e. The zero-order chi connectivity index (χ0) is 14.8. The van der Waals surface area contributed by atoms with Gasteiger partial charge in [-0.1, -0.05) is 38.3 Å². The smallest absolute Gasteiger partial charge is 0.221 e. The third kappa shape index (κ3) is 6.68. The van der Waals surface area contributed by atoms with Gasteiger partial charge < -0.3 is 15.7 Å². The van der Waals surface area contributed by atoms with E-state index in [2.05, 4.69) is 17.6 Å². The summed E-state index contributed by atoms with van der Waals surface area (Å²) in [5, 5.41) is 16.0. The Bertz CT molecular complexity index is 390. The predicted octanol–water partition coefficient (Wildman–Crippen LogP) is 2.85. The highest BCUT2D eigenvalue weighted by atomic mass is 16.3. The van der Waals surface area contributed by atoms with E-state index in [1.807, 2.05) is 12.1 Å². The number of hydrogen-bond donors (Lipinski definition) is 3. The largest absolute Gasteiger partial charge is 0.387 e.